The van der Waals surface area contributed by atoms with Crippen LogP contribution in [0.15, 0.2) is 12.1 Å². The van der Waals surface area contributed by atoms with Gasteiger partial charge >= 0.3 is 0 Å². The molecule has 1 aromatic rings. The molecule has 1 fully saturated rings. The maximum atomic E-state index is 6.20. The van der Waals surface area contributed by atoms with Gasteiger partial charge in [0.05, 0.1) is 26.9 Å². The fraction of sp³-hybridized carbons (Fsp3) is 0.667. The zero-order valence-electron chi connectivity index (χ0n) is 13.9. The van der Waals surface area contributed by atoms with Crippen LogP contribution in [0.5, 0.6) is 11.5 Å². The molecule has 1 aromatic carbocycles. The predicted molar refractivity (Wildman–Crippen MR) is 86.8 cm³/mol. The molecular formula is C18H27NO3. The molecule has 2 aliphatic rings. The fourth-order valence-corrected chi connectivity index (χ4v) is 3.98. The highest BCUT2D eigenvalue weighted by Crippen LogP contribution is 2.43. The summed E-state index contributed by atoms with van der Waals surface area (Å²) >= 11 is 0. The van der Waals surface area contributed by atoms with Gasteiger partial charge in [0.15, 0.2) is 11.5 Å². The lowest BCUT2D eigenvalue weighted by Crippen LogP contribution is -2.47. The molecule has 122 valence electrons. The lowest BCUT2D eigenvalue weighted by Gasteiger charge is -2.41. The SMILES string of the molecule is CCCN1CCO[C@@H]2c3ccc(OC)c(OC)c3CCC[C@H]21. The number of methoxy groups -OCH3 is 2. The van der Waals surface area contributed by atoms with Gasteiger partial charge in [-0.1, -0.05) is 13.0 Å². The Balaban J connectivity index is 2.00. The quantitative estimate of drug-likeness (QED) is 0.855. The molecule has 2 atom stereocenters. The highest BCUT2D eigenvalue weighted by molar-refractivity contribution is 5.52. The van der Waals surface area contributed by atoms with Gasteiger partial charge < -0.3 is 14.2 Å². The van der Waals surface area contributed by atoms with Crippen molar-refractivity contribution in [1.82, 2.24) is 4.90 Å². The first kappa shape index (κ1) is 15.6. The van der Waals surface area contributed by atoms with Gasteiger partial charge in [-0.25, -0.2) is 0 Å². The zero-order chi connectivity index (χ0) is 15.5. The molecule has 4 nitrogen and oxygen atoms in total. The normalized spacial score (nSPS) is 25.0. The Hall–Kier alpha value is -1.26. The van der Waals surface area contributed by atoms with Crippen molar-refractivity contribution in [3.63, 3.8) is 0 Å². The van der Waals surface area contributed by atoms with Crippen molar-refractivity contribution in [1.29, 1.82) is 0 Å². The van der Waals surface area contributed by atoms with Crippen LogP contribution in [0.25, 0.3) is 0 Å². The molecule has 1 aliphatic heterocycles. The number of morpholine rings is 1. The second kappa shape index (κ2) is 6.88. The Morgan fingerprint density at radius 2 is 2.14 bits per heavy atom. The van der Waals surface area contributed by atoms with Crippen LogP contribution in [-0.4, -0.2) is 44.9 Å². The maximum absolute atomic E-state index is 6.20. The molecule has 0 amide bonds. The van der Waals surface area contributed by atoms with Crippen molar-refractivity contribution < 1.29 is 14.2 Å². The van der Waals surface area contributed by atoms with Crippen molar-refractivity contribution in [2.75, 3.05) is 33.9 Å². The number of rotatable bonds is 4. The lowest BCUT2D eigenvalue weighted by molar-refractivity contribution is -0.0745. The number of fused-ring (bicyclic) bond motifs is 3. The molecule has 4 heteroatoms. The standard InChI is InChI=1S/C18H27NO3/c1-4-10-19-11-12-22-17-14-8-9-16(20-2)18(21-3)13(14)6-5-7-15(17)19/h8-9,15,17H,4-7,10-12H2,1-3H3/t15-,17-/m1/s1. The fourth-order valence-electron chi connectivity index (χ4n) is 3.98. The highest BCUT2D eigenvalue weighted by atomic mass is 16.5. The van der Waals surface area contributed by atoms with E-state index in [1.807, 2.05) is 6.07 Å². The lowest BCUT2D eigenvalue weighted by atomic mass is 9.95. The molecule has 3 rings (SSSR count). The van der Waals surface area contributed by atoms with Crippen molar-refractivity contribution >= 4 is 0 Å². The van der Waals surface area contributed by atoms with E-state index in [0.29, 0.717) is 6.04 Å². The Kier molecular flexibility index (Phi) is 4.89. The number of nitrogens with zero attached hydrogens (tertiary/aromatic N) is 1. The zero-order valence-corrected chi connectivity index (χ0v) is 13.9. The molecular weight excluding hydrogens is 278 g/mol. The van der Waals surface area contributed by atoms with E-state index < -0.39 is 0 Å². The molecule has 0 N–H and O–H groups in total. The molecule has 1 saturated heterocycles. The van der Waals surface area contributed by atoms with Crippen LogP contribution >= 0.6 is 0 Å². The van der Waals surface area contributed by atoms with Gasteiger partial charge in [-0.15, -0.1) is 0 Å². The van der Waals surface area contributed by atoms with Crippen LogP contribution in [0.1, 0.15) is 43.4 Å². The number of hydrogen-bond acceptors (Lipinski definition) is 4. The van der Waals surface area contributed by atoms with Gasteiger partial charge in [-0.3, -0.25) is 4.90 Å². The van der Waals surface area contributed by atoms with E-state index in [1.54, 1.807) is 14.2 Å². The summed E-state index contributed by atoms with van der Waals surface area (Å²) < 4.78 is 17.3. The molecule has 0 saturated carbocycles. The molecule has 0 unspecified atom stereocenters. The van der Waals surface area contributed by atoms with E-state index in [2.05, 4.69) is 17.9 Å². The topological polar surface area (TPSA) is 30.9 Å². The first-order chi connectivity index (χ1) is 10.8. The average Bonchev–Trinajstić information content (AvgIpc) is 2.74. The molecule has 1 heterocycles. The number of benzene rings is 1. The minimum absolute atomic E-state index is 0.164. The highest BCUT2D eigenvalue weighted by Gasteiger charge is 2.36. The van der Waals surface area contributed by atoms with E-state index in [4.69, 9.17) is 14.2 Å². The minimum atomic E-state index is 0.164. The molecule has 1 aliphatic carbocycles. The van der Waals surface area contributed by atoms with Gasteiger partial charge in [0.25, 0.3) is 0 Å². The third kappa shape index (κ3) is 2.70. The van der Waals surface area contributed by atoms with E-state index >= 15 is 0 Å². The van der Waals surface area contributed by atoms with Crippen LogP contribution in [0.2, 0.25) is 0 Å². The van der Waals surface area contributed by atoms with Crippen molar-refractivity contribution in [2.24, 2.45) is 0 Å². The monoisotopic (exact) mass is 305 g/mol. The smallest absolute Gasteiger partial charge is 0.164 e. The average molecular weight is 305 g/mol. The second-order valence-corrected chi connectivity index (χ2v) is 6.16. The summed E-state index contributed by atoms with van der Waals surface area (Å²) in [6.07, 6.45) is 4.75. The van der Waals surface area contributed by atoms with Crippen LogP contribution < -0.4 is 9.47 Å². The Labute approximate surface area is 133 Å². The Morgan fingerprint density at radius 1 is 1.27 bits per heavy atom. The van der Waals surface area contributed by atoms with Crippen molar-refractivity contribution in [3.8, 4) is 11.5 Å². The Morgan fingerprint density at radius 3 is 2.86 bits per heavy atom. The third-order valence-electron chi connectivity index (χ3n) is 4.92. The van der Waals surface area contributed by atoms with Gasteiger partial charge in [0, 0.05) is 18.2 Å². The molecule has 0 radical (unpaired) electrons. The van der Waals surface area contributed by atoms with Gasteiger partial charge in [0.2, 0.25) is 0 Å². The molecule has 0 aromatic heterocycles. The first-order valence-electron chi connectivity index (χ1n) is 8.39. The second-order valence-electron chi connectivity index (χ2n) is 6.16. The van der Waals surface area contributed by atoms with Crippen LogP contribution in [0.3, 0.4) is 0 Å². The van der Waals surface area contributed by atoms with E-state index in [-0.39, 0.29) is 6.10 Å². The summed E-state index contributed by atoms with van der Waals surface area (Å²) in [6.45, 7) is 5.28. The minimum Gasteiger partial charge on any atom is -0.493 e. The van der Waals surface area contributed by atoms with Crippen LogP contribution in [-0.2, 0) is 11.2 Å². The van der Waals surface area contributed by atoms with Crippen molar-refractivity contribution in [3.05, 3.63) is 23.3 Å². The van der Waals surface area contributed by atoms with Gasteiger partial charge in [-0.2, -0.15) is 0 Å². The first-order valence-corrected chi connectivity index (χ1v) is 8.39. The summed E-state index contributed by atoms with van der Waals surface area (Å²) in [5.41, 5.74) is 2.56. The van der Waals surface area contributed by atoms with Crippen LogP contribution in [0.4, 0.5) is 0 Å². The largest absolute Gasteiger partial charge is 0.493 e. The van der Waals surface area contributed by atoms with E-state index in [1.165, 1.54) is 30.4 Å². The summed E-state index contributed by atoms with van der Waals surface area (Å²) in [5, 5.41) is 0. The summed E-state index contributed by atoms with van der Waals surface area (Å²) in [4.78, 5) is 2.61. The summed E-state index contributed by atoms with van der Waals surface area (Å²) in [5.74, 6) is 1.71. The molecule has 0 bridgehead atoms. The third-order valence-corrected chi connectivity index (χ3v) is 4.92. The van der Waals surface area contributed by atoms with Gasteiger partial charge in [0.1, 0.15) is 0 Å². The van der Waals surface area contributed by atoms with E-state index in [9.17, 15) is 0 Å². The molecule has 22 heavy (non-hydrogen) atoms. The summed E-state index contributed by atoms with van der Waals surface area (Å²) in [6, 6.07) is 4.69. The number of hydrogen-bond donors (Lipinski definition) is 0. The maximum Gasteiger partial charge on any atom is 0.164 e. The van der Waals surface area contributed by atoms with Crippen LogP contribution in [0, 0.1) is 0 Å². The number of ether oxygens (including phenoxy) is 3. The molecule has 0 spiro atoms. The van der Waals surface area contributed by atoms with Crippen molar-refractivity contribution in [2.45, 2.75) is 44.8 Å². The van der Waals surface area contributed by atoms with E-state index in [0.717, 1.165) is 37.6 Å². The van der Waals surface area contributed by atoms with Gasteiger partial charge in [-0.05, 0) is 43.9 Å². The predicted octanol–water partition coefficient (Wildman–Crippen LogP) is 3.19. The Bertz CT molecular complexity index is 515. The summed E-state index contributed by atoms with van der Waals surface area (Å²) in [7, 11) is 3.43.